The van der Waals surface area contributed by atoms with Gasteiger partial charge in [0.2, 0.25) is 5.91 Å². The molecule has 0 spiro atoms. The Morgan fingerprint density at radius 3 is 2.61 bits per heavy atom. The van der Waals surface area contributed by atoms with Crippen molar-refractivity contribution in [3.8, 4) is 0 Å². The van der Waals surface area contributed by atoms with Crippen molar-refractivity contribution in [3.63, 3.8) is 0 Å². The monoisotopic (exact) mass is 465 g/mol. The number of ether oxygens (including phenoxy) is 1. The maximum atomic E-state index is 12.5. The Morgan fingerprint density at radius 1 is 1.29 bits per heavy atom. The van der Waals surface area contributed by atoms with Crippen LogP contribution in [0.4, 0.5) is 0 Å². The Morgan fingerprint density at radius 2 is 1.96 bits per heavy atom. The second kappa shape index (κ2) is 9.79. The Kier molecular flexibility index (Phi) is 8.45. The van der Waals surface area contributed by atoms with Crippen molar-refractivity contribution in [1.82, 2.24) is 5.32 Å². The molecule has 0 aromatic rings. The molecule has 0 aromatic heterocycles. The summed E-state index contributed by atoms with van der Waals surface area (Å²) in [6.45, 7) is -0.679. The predicted octanol–water partition coefficient (Wildman–Crippen LogP) is -3.48. The number of amides is 1. The van der Waals surface area contributed by atoms with E-state index in [9.17, 15) is 38.5 Å². The van der Waals surface area contributed by atoms with Crippen molar-refractivity contribution in [1.29, 1.82) is 0 Å². The van der Waals surface area contributed by atoms with Gasteiger partial charge in [-0.05, 0) is 0 Å². The minimum atomic E-state index is -3.75. The van der Waals surface area contributed by atoms with Crippen LogP contribution in [-0.2, 0) is 28.4 Å². The summed E-state index contributed by atoms with van der Waals surface area (Å²) < 4.78 is 39.3. The minimum Gasteiger partial charge on any atom is -0.622 e. The molecule has 28 heavy (non-hydrogen) atoms. The van der Waals surface area contributed by atoms with E-state index in [-0.39, 0.29) is 24.5 Å². The summed E-state index contributed by atoms with van der Waals surface area (Å²) in [6.07, 6.45) is -8.21. The van der Waals surface area contributed by atoms with Crippen LogP contribution in [0.3, 0.4) is 0 Å². The second-order valence-electron chi connectivity index (χ2n) is 6.34. The average Bonchev–Trinajstić information content (AvgIpc) is 3.00. The predicted molar refractivity (Wildman–Crippen MR) is 96.4 cm³/mol. The molecule has 0 radical (unpaired) electrons. The quantitative estimate of drug-likeness (QED) is 0.223. The summed E-state index contributed by atoms with van der Waals surface area (Å²) in [5.41, 5.74) is 0. The molecule has 0 saturated carbocycles. The first-order valence-electron chi connectivity index (χ1n) is 8.32. The van der Waals surface area contributed by atoms with Crippen LogP contribution in [0.2, 0.25) is 0 Å². The van der Waals surface area contributed by atoms with Crippen molar-refractivity contribution in [3.05, 3.63) is 0 Å². The molecule has 0 bridgehead atoms. The molecule has 2 aliphatic heterocycles. The van der Waals surface area contributed by atoms with E-state index in [0.717, 1.165) is 0 Å². The van der Waals surface area contributed by atoms with Gasteiger partial charge in [-0.1, -0.05) is 0 Å². The molecule has 2 heterocycles. The van der Waals surface area contributed by atoms with Gasteiger partial charge in [0.05, 0.1) is 28.1 Å². The van der Waals surface area contributed by atoms with Gasteiger partial charge in [-0.25, -0.2) is 8.42 Å². The van der Waals surface area contributed by atoms with E-state index in [1.165, 1.54) is 7.05 Å². The number of hydrogen-bond donors (Lipinski definition) is 5. The topological polar surface area (TPSA) is 195 Å². The number of hydrogen-bond acceptors (Lipinski definition) is 12. The molecule has 1 amide bonds. The van der Waals surface area contributed by atoms with Gasteiger partial charge >= 0.3 is 0 Å². The molecule has 15 heteroatoms. The first-order chi connectivity index (χ1) is 13.0. The third-order valence-corrected chi connectivity index (χ3v) is 10.2. The van der Waals surface area contributed by atoms with Crippen LogP contribution in [0.25, 0.3) is 0 Å². The fraction of sp³-hybridized carbons (Fsp3) is 0.923. The highest BCUT2D eigenvalue weighted by Crippen LogP contribution is 2.70. The standard InChI is InChI=1S/C13H24NO11PS2/c1-14-9(15)2-3-28(21,22)6-7-4-23-26(20,27-7)24-5-8-10(16)11(17)12(18)13(19)25-8/h7-8,10-13,16-19H,2-6H2,1H3,(H,14,15)/t7?,8-,10-,11+,12+,13?,26?/m1/s1. The van der Waals surface area contributed by atoms with E-state index in [0.29, 0.717) is 11.4 Å². The van der Waals surface area contributed by atoms with Gasteiger partial charge in [-0.2, -0.15) is 9.05 Å². The van der Waals surface area contributed by atoms with E-state index in [1.54, 1.807) is 0 Å². The van der Waals surface area contributed by atoms with Crippen LogP contribution < -0.4 is 10.2 Å². The molecule has 7 atom stereocenters. The summed E-state index contributed by atoms with van der Waals surface area (Å²) in [5, 5.41) is 40.0. The highest BCUT2D eigenvalue weighted by atomic mass is 32.7. The molecule has 2 saturated heterocycles. The van der Waals surface area contributed by atoms with E-state index in [1.807, 2.05) is 0 Å². The summed E-state index contributed by atoms with van der Waals surface area (Å²) in [4.78, 5) is 23.7. The maximum absolute atomic E-state index is 12.5. The van der Waals surface area contributed by atoms with Gasteiger partial charge in [-0.15, -0.1) is 0 Å². The summed E-state index contributed by atoms with van der Waals surface area (Å²) in [6, 6.07) is 0. The lowest BCUT2D eigenvalue weighted by atomic mass is 10.00. The van der Waals surface area contributed by atoms with Crippen molar-refractivity contribution in [2.45, 2.75) is 42.4 Å². The Bertz CT molecular complexity index is 652. The van der Waals surface area contributed by atoms with Crippen LogP contribution in [-0.4, -0.2) is 102 Å². The van der Waals surface area contributed by atoms with Crippen LogP contribution in [0, 0.1) is 0 Å². The fourth-order valence-electron chi connectivity index (χ4n) is 2.54. The summed E-state index contributed by atoms with van der Waals surface area (Å²) in [7, 11) is -5.93. The Labute approximate surface area is 166 Å². The van der Waals surface area contributed by atoms with Crippen LogP contribution in [0.1, 0.15) is 6.42 Å². The Balaban J connectivity index is 1.84. The lowest BCUT2D eigenvalue weighted by Gasteiger charge is -2.38. The SMILES string of the molecule is CNC(=O)CCS(=O)(=O)CC1CO[P+]([O-])(OC[C@H]2OC(O)[C@@H](O)[C@@H](O)[C@@H]2O)S1. The molecule has 2 rings (SSSR count). The number of carbonyl (C=O) groups is 1. The summed E-state index contributed by atoms with van der Waals surface area (Å²) in [5.74, 6) is -1.11. The second-order valence-corrected chi connectivity index (χ2v) is 12.8. The van der Waals surface area contributed by atoms with Crippen molar-refractivity contribution in [2.24, 2.45) is 0 Å². The number of aliphatic hydroxyl groups is 4. The van der Waals surface area contributed by atoms with Gasteiger partial charge in [0, 0.05) is 13.5 Å². The van der Waals surface area contributed by atoms with Gasteiger partial charge < -0.3 is 35.4 Å². The molecule has 5 N–H and O–H groups in total. The first-order valence-corrected chi connectivity index (χ1v) is 13.2. The normalized spacial score (nSPS) is 39.1. The van der Waals surface area contributed by atoms with Crippen molar-refractivity contribution in [2.75, 3.05) is 31.8 Å². The van der Waals surface area contributed by atoms with Gasteiger partial charge in [0.25, 0.3) is 7.15 Å². The van der Waals surface area contributed by atoms with Crippen LogP contribution in [0.5, 0.6) is 0 Å². The molecule has 2 aliphatic rings. The zero-order valence-corrected chi connectivity index (χ0v) is 17.4. The number of nitrogens with one attached hydrogen (secondary N) is 1. The van der Waals surface area contributed by atoms with E-state index >= 15 is 0 Å². The molecular formula is C13H24NO11PS2. The zero-order chi connectivity index (χ0) is 21.1. The average molecular weight is 465 g/mol. The largest absolute Gasteiger partial charge is 0.622 e. The Hall–Kier alpha value is -0.120. The third kappa shape index (κ3) is 6.44. The smallest absolute Gasteiger partial charge is 0.299 e. The lowest BCUT2D eigenvalue weighted by Crippen LogP contribution is -2.58. The van der Waals surface area contributed by atoms with E-state index in [4.69, 9.17) is 13.8 Å². The van der Waals surface area contributed by atoms with E-state index < -0.39 is 65.5 Å². The van der Waals surface area contributed by atoms with Crippen molar-refractivity contribution < 1.29 is 52.3 Å². The molecule has 3 unspecified atom stereocenters. The lowest BCUT2D eigenvalue weighted by molar-refractivity contribution is -0.288. The van der Waals surface area contributed by atoms with Gasteiger partial charge in [0.1, 0.15) is 37.6 Å². The van der Waals surface area contributed by atoms with Crippen molar-refractivity contribution >= 4 is 34.3 Å². The molecule has 12 nitrogen and oxygen atoms in total. The number of sulfone groups is 1. The minimum absolute atomic E-state index is 0.154. The van der Waals surface area contributed by atoms with Gasteiger partial charge in [0.15, 0.2) is 16.1 Å². The molecule has 0 aromatic carbocycles. The van der Waals surface area contributed by atoms with Crippen LogP contribution >= 0.6 is 18.5 Å². The maximum Gasteiger partial charge on any atom is 0.299 e. The van der Waals surface area contributed by atoms with Crippen LogP contribution in [0.15, 0.2) is 0 Å². The fourth-order valence-corrected chi connectivity index (χ4v) is 8.77. The number of aliphatic hydroxyl groups excluding tert-OH is 4. The summed E-state index contributed by atoms with van der Waals surface area (Å²) >= 11 is 0.692. The molecular weight excluding hydrogens is 441 g/mol. The number of carbonyl (C=O) groups excluding carboxylic acids is 1. The van der Waals surface area contributed by atoms with E-state index in [2.05, 4.69) is 5.32 Å². The third-order valence-electron chi connectivity index (χ3n) is 4.14. The van der Waals surface area contributed by atoms with Gasteiger partial charge in [-0.3, -0.25) is 4.79 Å². The first kappa shape index (κ1) is 24.2. The zero-order valence-electron chi connectivity index (χ0n) is 14.9. The number of rotatable bonds is 8. The highest BCUT2D eigenvalue weighted by molar-refractivity contribution is 8.57. The molecule has 164 valence electrons. The highest BCUT2D eigenvalue weighted by Gasteiger charge is 2.49. The molecule has 0 aliphatic carbocycles. The molecule has 2 fully saturated rings.